The van der Waals surface area contributed by atoms with Crippen LogP contribution >= 0.6 is 0 Å². The van der Waals surface area contributed by atoms with Crippen LogP contribution in [0.4, 0.5) is 5.69 Å². The van der Waals surface area contributed by atoms with Gasteiger partial charge in [0.15, 0.2) is 0 Å². The number of aryl methyl sites for hydroxylation is 1. The van der Waals surface area contributed by atoms with E-state index in [1.54, 1.807) is 0 Å². The van der Waals surface area contributed by atoms with Crippen molar-refractivity contribution in [1.82, 2.24) is 5.32 Å². The maximum atomic E-state index is 3.75. The third kappa shape index (κ3) is 2.86. The first kappa shape index (κ1) is 13.4. The summed E-state index contributed by atoms with van der Waals surface area (Å²) in [6, 6.07) is 7.14. The average molecular weight is 246 g/mol. The standard InChI is InChI=1S/C16H26N2/c1-11(2)14-8-6-7-12(3)15(14)18-13-9-16(4,5)17-10-13/h6-8,11,13,17-18H,9-10H2,1-5H3. The van der Waals surface area contributed by atoms with Crippen molar-refractivity contribution in [2.45, 2.75) is 58.5 Å². The zero-order chi connectivity index (χ0) is 13.3. The van der Waals surface area contributed by atoms with Crippen LogP contribution in [0.15, 0.2) is 18.2 Å². The summed E-state index contributed by atoms with van der Waals surface area (Å²) in [6.45, 7) is 12.3. The number of benzene rings is 1. The van der Waals surface area contributed by atoms with Crippen molar-refractivity contribution in [3.63, 3.8) is 0 Å². The number of hydrogen-bond donors (Lipinski definition) is 2. The van der Waals surface area contributed by atoms with Crippen molar-refractivity contribution >= 4 is 5.69 Å². The molecule has 0 aliphatic carbocycles. The lowest BCUT2D eigenvalue weighted by Gasteiger charge is -2.22. The molecule has 2 nitrogen and oxygen atoms in total. The van der Waals surface area contributed by atoms with Crippen LogP contribution in [-0.4, -0.2) is 18.1 Å². The molecule has 100 valence electrons. The number of rotatable bonds is 3. The fraction of sp³-hybridized carbons (Fsp3) is 0.625. The highest BCUT2D eigenvalue weighted by atomic mass is 15.1. The van der Waals surface area contributed by atoms with Crippen molar-refractivity contribution in [3.05, 3.63) is 29.3 Å². The normalized spacial score (nSPS) is 22.4. The molecule has 2 N–H and O–H groups in total. The van der Waals surface area contributed by atoms with Gasteiger partial charge in [-0.3, -0.25) is 0 Å². The molecule has 2 rings (SSSR count). The zero-order valence-corrected chi connectivity index (χ0v) is 12.3. The predicted molar refractivity (Wildman–Crippen MR) is 79.4 cm³/mol. The zero-order valence-electron chi connectivity index (χ0n) is 12.3. The maximum Gasteiger partial charge on any atom is 0.0407 e. The SMILES string of the molecule is Cc1cccc(C(C)C)c1NC1CNC(C)(C)C1. The molecule has 1 heterocycles. The van der Waals surface area contributed by atoms with E-state index in [1.165, 1.54) is 23.2 Å². The first-order valence-corrected chi connectivity index (χ1v) is 7.00. The van der Waals surface area contributed by atoms with Crippen molar-refractivity contribution in [3.8, 4) is 0 Å². The molecule has 1 saturated heterocycles. The largest absolute Gasteiger partial charge is 0.381 e. The Hall–Kier alpha value is -1.02. The first-order chi connectivity index (χ1) is 8.39. The number of anilines is 1. The minimum atomic E-state index is 0.262. The van der Waals surface area contributed by atoms with Crippen molar-refractivity contribution in [2.24, 2.45) is 0 Å². The van der Waals surface area contributed by atoms with E-state index in [-0.39, 0.29) is 5.54 Å². The lowest BCUT2D eigenvalue weighted by atomic mass is 9.96. The number of para-hydroxylation sites is 1. The molecular weight excluding hydrogens is 220 g/mol. The number of nitrogens with one attached hydrogen (secondary N) is 2. The maximum absolute atomic E-state index is 3.75. The molecule has 1 unspecified atom stereocenters. The molecule has 1 atom stereocenters. The third-order valence-corrected chi connectivity index (χ3v) is 3.86. The van der Waals surface area contributed by atoms with Crippen LogP contribution in [0, 0.1) is 6.92 Å². The molecule has 18 heavy (non-hydrogen) atoms. The van der Waals surface area contributed by atoms with E-state index in [0.717, 1.165) is 6.54 Å². The Labute approximate surface area is 111 Å². The van der Waals surface area contributed by atoms with E-state index >= 15 is 0 Å². The number of hydrogen-bond acceptors (Lipinski definition) is 2. The van der Waals surface area contributed by atoms with Crippen molar-refractivity contribution in [2.75, 3.05) is 11.9 Å². The molecule has 1 aliphatic heterocycles. The van der Waals surface area contributed by atoms with Gasteiger partial charge in [0.05, 0.1) is 0 Å². The van der Waals surface area contributed by atoms with E-state index in [9.17, 15) is 0 Å². The molecular formula is C16H26N2. The molecule has 1 aromatic carbocycles. The van der Waals surface area contributed by atoms with Gasteiger partial charge in [-0.15, -0.1) is 0 Å². The van der Waals surface area contributed by atoms with Gasteiger partial charge in [0, 0.05) is 23.8 Å². The Bertz CT molecular complexity index is 421. The summed E-state index contributed by atoms with van der Waals surface area (Å²) in [6.07, 6.45) is 1.18. The van der Waals surface area contributed by atoms with Gasteiger partial charge < -0.3 is 10.6 Å². The fourth-order valence-corrected chi connectivity index (χ4v) is 2.83. The molecule has 0 spiro atoms. The molecule has 0 radical (unpaired) electrons. The van der Waals surface area contributed by atoms with Gasteiger partial charge in [0.1, 0.15) is 0 Å². The van der Waals surface area contributed by atoms with Gasteiger partial charge in [-0.05, 0) is 44.2 Å². The van der Waals surface area contributed by atoms with E-state index in [4.69, 9.17) is 0 Å². The predicted octanol–water partition coefficient (Wildman–Crippen LogP) is 3.67. The van der Waals surface area contributed by atoms with Crippen molar-refractivity contribution < 1.29 is 0 Å². The lowest BCUT2D eigenvalue weighted by Crippen LogP contribution is -2.31. The highest BCUT2D eigenvalue weighted by molar-refractivity contribution is 5.59. The van der Waals surface area contributed by atoms with Crippen LogP contribution in [0.5, 0.6) is 0 Å². The second-order valence-corrected chi connectivity index (χ2v) is 6.50. The average Bonchev–Trinajstić information content (AvgIpc) is 2.61. The third-order valence-electron chi connectivity index (χ3n) is 3.86. The van der Waals surface area contributed by atoms with Gasteiger partial charge in [-0.1, -0.05) is 32.0 Å². The smallest absolute Gasteiger partial charge is 0.0407 e. The second-order valence-electron chi connectivity index (χ2n) is 6.50. The van der Waals surface area contributed by atoms with Gasteiger partial charge in [-0.2, -0.15) is 0 Å². The van der Waals surface area contributed by atoms with Crippen LogP contribution in [0.2, 0.25) is 0 Å². The fourth-order valence-electron chi connectivity index (χ4n) is 2.83. The highest BCUT2D eigenvalue weighted by Crippen LogP contribution is 2.30. The quantitative estimate of drug-likeness (QED) is 0.850. The summed E-state index contributed by atoms with van der Waals surface area (Å²) >= 11 is 0. The summed E-state index contributed by atoms with van der Waals surface area (Å²) in [5.74, 6) is 0.565. The van der Waals surface area contributed by atoms with Crippen LogP contribution in [-0.2, 0) is 0 Å². The molecule has 1 aromatic rings. The van der Waals surface area contributed by atoms with Crippen LogP contribution in [0.25, 0.3) is 0 Å². The Morgan fingerprint density at radius 2 is 2.06 bits per heavy atom. The summed E-state index contributed by atoms with van der Waals surface area (Å²) < 4.78 is 0. The second kappa shape index (κ2) is 4.93. The van der Waals surface area contributed by atoms with Gasteiger partial charge in [-0.25, -0.2) is 0 Å². The minimum Gasteiger partial charge on any atom is -0.381 e. The van der Waals surface area contributed by atoms with E-state index < -0.39 is 0 Å². The van der Waals surface area contributed by atoms with Crippen LogP contribution in [0.1, 0.15) is 51.2 Å². The molecule has 1 fully saturated rings. The topological polar surface area (TPSA) is 24.1 Å². The first-order valence-electron chi connectivity index (χ1n) is 7.00. The summed E-state index contributed by atoms with van der Waals surface area (Å²) in [7, 11) is 0. The Balaban J connectivity index is 2.19. The Morgan fingerprint density at radius 1 is 1.33 bits per heavy atom. The Kier molecular flexibility index (Phi) is 3.67. The molecule has 0 bridgehead atoms. The summed E-state index contributed by atoms with van der Waals surface area (Å²) in [5.41, 5.74) is 4.39. The van der Waals surface area contributed by atoms with Gasteiger partial charge in [0.2, 0.25) is 0 Å². The summed E-state index contributed by atoms with van der Waals surface area (Å²) in [4.78, 5) is 0. The lowest BCUT2D eigenvalue weighted by molar-refractivity contribution is 0.457. The van der Waals surface area contributed by atoms with Crippen molar-refractivity contribution in [1.29, 1.82) is 0 Å². The summed E-state index contributed by atoms with van der Waals surface area (Å²) in [5, 5.41) is 7.32. The molecule has 0 saturated carbocycles. The van der Waals surface area contributed by atoms with Gasteiger partial charge in [0.25, 0.3) is 0 Å². The van der Waals surface area contributed by atoms with Crippen LogP contribution in [0.3, 0.4) is 0 Å². The molecule has 0 amide bonds. The monoisotopic (exact) mass is 246 g/mol. The van der Waals surface area contributed by atoms with Crippen LogP contribution < -0.4 is 10.6 Å². The molecule has 2 heteroatoms. The minimum absolute atomic E-state index is 0.262. The highest BCUT2D eigenvalue weighted by Gasteiger charge is 2.30. The molecule has 0 aromatic heterocycles. The van der Waals surface area contributed by atoms with E-state index in [2.05, 4.69) is 63.5 Å². The van der Waals surface area contributed by atoms with Gasteiger partial charge >= 0.3 is 0 Å². The van der Waals surface area contributed by atoms with E-state index in [0.29, 0.717) is 12.0 Å². The Morgan fingerprint density at radius 3 is 2.61 bits per heavy atom. The molecule has 1 aliphatic rings. The van der Waals surface area contributed by atoms with E-state index in [1.807, 2.05) is 0 Å².